The van der Waals surface area contributed by atoms with Crippen LogP contribution in [0.1, 0.15) is 5.56 Å². The number of sulfone groups is 1. The van der Waals surface area contributed by atoms with Gasteiger partial charge in [0.05, 0.1) is 18.1 Å². The van der Waals surface area contributed by atoms with Gasteiger partial charge in [0.25, 0.3) is 0 Å². The minimum absolute atomic E-state index is 0.169. The van der Waals surface area contributed by atoms with Gasteiger partial charge in [-0.3, -0.25) is 4.79 Å². The van der Waals surface area contributed by atoms with Gasteiger partial charge in [0.15, 0.2) is 9.84 Å². The van der Waals surface area contributed by atoms with Crippen molar-refractivity contribution in [3.05, 3.63) is 29.8 Å². The SMILES string of the molecule is NC(Cc1ccc(S(=O)(=O)C2COC2)cc1)C(=O)O. The molecule has 104 valence electrons. The average molecular weight is 285 g/mol. The van der Waals surface area contributed by atoms with E-state index in [9.17, 15) is 13.2 Å². The van der Waals surface area contributed by atoms with Gasteiger partial charge in [0.2, 0.25) is 0 Å². The van der Waals surface area contributed by atoms with Crippen LogP contribution in [0.5, 0.6) is 0 Å². The van der Waals surface area contributed by atoms with Gasteiger partial charge in [-0.2, -0.15) is 0 Å². The van der Waals surface area contributed by atoms with E-state index < -0.39 is 27.1 Å². The van der Waals surface area contributed by atoms with Crippen LogP contribution in [0.3, 0.4) is 0 Å². The number of rotatable bonds is 5. The molecule has 0 amide bonds. The van der Waals surface area contributed by atoms with Crippen LogP contribution in [0.15, 0.2) is 29.2 Å². The molecule has 1 unspecified atom stereocenters. The highest BCUT2D eigenvalue weighted by atomic mass is 32.2. The molecule has 0 bridgehead atoms. The van der Waals surface area contributed by atoms with Crippen LogP contribution >= 0.6 is 0 Å². The summed E-state index contributed by atoms with van der Waals surface area (Å²) in [4.78, 5) is 10.9. The van der Waals surface area contributed by atoms with Crippen molar-refractivity contribution >= 4 is 15.8 Å². The second-order valence-corrected chi connectivity index (χ2v) is 6.73. The van der Waals surface area contributed by atoms with Crippen molar-refractivity contribution < 1.29 is 23.1 Å². The van der Waals surface area contributed by atoms with Gasteiger partial charge in [0, 0.05) is 0 Å². The summed E-state index contributed by atoms with van der Waals surface area (Å²) in [5.41, 5.74) is 6.11. The summed E-state index contributed by atoms with van der Waals surface area (Å²) < 4.78 is 29.0. The van der Waals surface area contributed by atoms with Crippen LogP contribution in [0.2, 0.25) is 0 Å². The topological polar surface area (TPSA) is 107 Å². The molecule has 2 rings (SSSR count). The quantitative estimate of drug-likeness (QED) is 0.777. The van der Waals surface area contributed by atoms with Crippen LogP contribution in [0.25, 0.3) is 0 Å². The fourth-order valence-corrected chi connectivity index (χ4v) is 3.19. The van der Waals surface area contributed by atoms with Gasteiger partial charge >= 0.3 is 5.97 Å². The van der Waals surface area contributed by atoms with Crippen LogP contribution < -0.4 is 5.73 Å². The average Bonchev–Trinajstić information content (AvgIpc) is 2.26. The number of hydrogen-bond donors (Lipinski definition) is 2. The standard InChI is InChI=1S/C12H15NO5S/c13-11(12(14)15)5-8-1-3-9(4-2-8)19(16,17)10-6-18-7-10/h1-4,10-11H,5-7,13H2,(H,14,15). The van der Waals surface area contributed by atoms with E-state index in [2.05, 4.69) is 0 Å². The summed E-state index contributed by atoms with van der Waals surface area (Å²) in [6, 6.07) is 5.17. The van der Waals surface area contributed by atoms with Crippen molar-refractivity contribution in [3.8, 4) is 0 Å². The molecule has 0 aliphatic carbocycles. The number of nitrogens with two attached hydrogens (primary N) is 1. The van der Waals surface area contributed by atoms with Crippen molar-refractivity contribution in [1.29, 1.82) is 0 Å². The lowest BCUT2D eigenvalue weighted by molar-refractivity contribution is -0.138. The molecule has 1 saturated heterocycles. The highest BCUT2D eigenvalue weighted by molar-refractivity contribution is 7.92. The molecule has 7 heteroatoms. The first-order chi connectivity index (χ1) is 8.91. The van der Waals surface area contributed by atoms with Crippen LogP contribution in [-0.4, -0.2) is 44.0 Å². The number of carboxylic acids is 1. The number of ether oxygens (including phenoxy) is 1. The molecule has 1 atom stereocenters. The zero-order valence-electron chi connectivity index (χ0n) is 10.2. The van der Waals surface area contributed by atoms with Crippen molar-refractivity contribution in [2.24, 2.45) is 5.73 Å². The number of carboxylic acid groups (broad SMARTS) is 1. The third kappa shape index (κ3) is 2.94. The van der Waals surface area contributed by atoms with Crippen LogP contribution in [0, 0.1) is 0 Å². The molecule has 0 spiro atoms. The van der Waals surface area contributed by atoms with Crippen molar-refractivity contribution in [2.75, 3.05) is 13.2 Å². The fraction of sp³-hybridized carbons (Fsp3) is 0.417. The van der Waals surface area contributed by atoms with Crippen LogP contribution in [0.4, 0.5) is 0 Å². The van der Waals surface area contributed by atoms with Gasteiger partial charge in [-0.25, -0.2) is 8.42 Å². The molecule has 0 aromatic heterocycles. The van der Waals surface area contributed by atoms with Gasteiger partial charge in [-0.15, -0.1) is 0 Å². The van der Waals surface area contributed by atoms with Gasteiger partial charge in [0.1, 0.15) is 11.3 Å². The molecule has 1 fully saturated rings. The summed E-state index contributed by atoms with van der Waals surface area (Å²) in [6.07, 6.45) is 0.169. The first-order valence-electron chi connectivity index (χ1n) is 5.80. The normalized spacial score (nSPS) is 17.7. The molecule has 19 heavy (non-hydrogen) atoms. The highest BCUT2D eigenvalue weighted by Crippen LogP contribution is 2.22. The lowest BCUT2D eigenvalue weighted by Crippen LogP contribution is -2.40. The Hall–Kier alpha value is -1.44. The molecule has 1 aromatic rings. The second-order valence-electron chi connectivity index (χ2n) is 4.50. The predicted octanol–water partition coefficient (Wildman–Crippen LogP) is -0.187. The Morgan fingerprint density at radius 3 is 2.37 bits per heavy atom. The molecule has 6 nitrogen and oxygen atoms in total. The maximum atomic E-state index is 12.1. The largest absolute Gasteiger partial charge is 0.480 e. The summed E-state index contributed by atoms with van der Waals surface area (Å²) in [7, 11) is -3.34. The third-order valence-electron chi connectivity index (χ3n) is 3.07. The van der Waals surface area contributed by atoms with E-state index in [4.69, 9.17) is 15.6 Å². The lowest BCUT2D eigenvalue weighted by atomic mass is 10.1. The van der Waals surface area contributed by atoms with Gasteiger partial charge < -0.3 is 15.6 Å². The summed E-state index contributed by atoms with van der Waals surface area (Å²) in [6.45, 7) is 0.460. The minimum Gasteiger partial charge on any atom is -0.480 e. The first-order valence-corrected chi connectivity index (χ1v) is 7.35. The molecule has 1 aliphatic heterocycles. The maximum absolute atomic E-state index is 12.1. The Kier molecular flexibility index (Phi) is 3.88. The number of aliphatic carboxylic acids is 1. The van der Waals surface area contributed by atoms with E-state index in [1.54, 1.807) is 12.1 Å². The molecular weight excluding hydrogens is 270 g/mol. The molecule has 0 radical (unpaired) electrons. The molecule has 1 heterocycles. The monoisotopic (exact) mass is 285 g/mol. The fourth-order valence-electron chi connectivity index (χ4n) is 1.74. The van der Waals surface area contributed by atoms with Crippen molar-refractivity contribution in [2.45, 2.75) is 22.6 Å². The second kappa shape index (κ2) is 5.28. The Morgan fingerprint density at radius 1 is 1.37 bits per heavy atom. The maximum Gasteiger partial charge on any atom is 0.320 e. The molecule has 0 saturated carbocycles. The molecule has 3 N–H and O–H groups in total. The Morgan fingerprint density at radius 2 is 1.95 bits per heavy atom. The Balaban J connectivity index is 2.12. The smallest absolute Gasteiger partial charge is 0.320 e. The minimum atomic E-state index is -3.34. The number of benzene rings is 1. The number of carbonyl (C=O) groups is 1. The van der Waals surface area contributed by atoms with Crippen LogP contribution in [-0.2, 0) is 25.8 Å². The zero-order valence-corrected chi connectivity index (χ0v) is 11.0. The Bertz CT molecular complexity index is 562. The van der Waals surface area contributed by atoms with Gasteiger partial charge in [-0.05, 0) is 24.1 Å². The highest BCUT2D eigenvalue weighted by Gasteiger charge is 2.33. The molecular formula is C12H15NO5S. The molecule has 1 aromatic carbocycles. The predicted molar refractivity (Wildman–Crippen MR) is 67.6 cm³/mol. The summed E-state index contributed by atoms with van der Waals surface area (Å²) >= 11 is 0. The lowest BCUT2D eigenvalue weighted by Gasteiger charge is -2.25. The van der Waals surface area contributed by atoms with E-state index in [0.717, 1.165) is 0 Å². The number of hydrogen-bond acceptors (Lipinski definition) is 5. The summed E-state index contributed by atoms with van der Waals surface area (Å²) in [5, 5.41) is 8.23. The van der Waals surface area contributed by atoms with Crippen molar-refractivity contribution in [3.63, 3.8) is 0 Å². The Labute approximate surface area is 111 Å². The van der Waals surface area contributed by atoms with E-state index >= 15 is 0 Å². The van der Waals surface area contributed by atoms with Gasteiger partial charge in [-0.1, -0.05) is 12.1 Å². The summed E-state index contributed by atoms with van der Waals surface area (Å²) in [5.74, 6) is -1.08. The zero-order chi connectivity index (χ0) is 14.0. The van der Waals surface area contributed by atoms with E-state index in [1.807, 2.05) is 0 Å². The molecule has 1 aliphatic rings. The van der Waals surface area contributed by atoms with E-state index in [-0.39, 0.29) is 24.5 Å². The van der Waals surface area contributed by atoms with E-state index in [0.29, 0.717) is 5.56 Å². The van der Waals surface area contributed by atoms with Crippen molar-refractivity contribution in [1.82, 2.24) is 0 Å². The van der Waals surface area contributed by atoms with E-state index in [1.165, 1.54) is 12.1 Å². The third-order valence-corrected chi connectivity index (χ3v) is 5.15. The first kappa shape index (κ1) is 14.0.